The van der Waals surface area contributed by atoms with E-state index in [0.717, 1.165) is 18.8 Å². The van der Waals surface area contributed by atoms with Crippen LogP contribution >= 0.6 is 23.5 Å². The van der Waals surface area contributed by atoms with Gasteiger partial charge in [0.1, 0.15) is 6.04 Å². The number of benzene rings is 1. The smallest absolute Gasteiger partial charge is 0.338 e. The first kappa shape index (κ1) is 23.2. The van der Waals surface area contributed by atoms with Gasteiger partial charge in [0, 0.05) is 62.0 Å². The van der Waals surface area contributed by atoms with E-state index in [9.17, 15) is 22.8 Å². The molecule has 2 saturated heterocycles. The molecule has 0 saturated carbocycles. The Kier molecular flexibility index (Phi) is 7.16. The van der Waals surface area contributed by atoms with Crippen molar-refractivity contribution in [1.82, 2.24) is 14.7 Å². The van der Waals surface area contributed by atoms with Crippen LogP contribution < -0.4 is 0 Å². The van der Waals surface area contributed by atoms with Crippen molar-refractivity contribution in [2.24, 2.45) is 4.99 Å². The third-order valence-electron chi connectivity index (χ3n) is 5.70. The summed E-state index contributed by atoms with van der Waals surface area (Å²) in [4.78, 5) is 35.1. The van der Waals surface area contributed by atoms with Crippen molar-refractivity contribution in [3.8, 4) is 0 Å². The number of nitrogens with zero attached hydrogens (tertiary/aromatic N) is 4. The highest BCUT2D eigenvalue weighted by molar-refractivity contribution is 8.12. The predicted molar refractivity (Wildman–Crippen MR) is 121 cm³/mol. The molecule has 172 valence electrons. The van der Waals surface area contributed by atoms with Gasteiger partial charge in [0.2, 0.25) is 11.8 Å². The van der Waals surface area contributed by atoms with E-state index in [2.05, 4.69) is 9.89 Å². The summed E-state index contributed by atoms with van der Waals surface area (Å²) in [5.74, 6) is 0.718. The number of piperazine rings is 1. The van der Waals surface area contributed by atoms with Gasteiger partial charge in [0.05, 0.1) is 5.55 Å². The Morgan fingerprint density at radius 2 is 1.75 bits per heavy atom. The van der Waals surface area contributed by atoms with Crippen molar-refractivity contribution >= 4 is 47.0 Å². The van der Waals surface area contributed by atoms with E-state index in [-0.39, 0.29) is 34.5 Å². The van der Waals surface area contributed by atoms with E-state index >= 15 is 0 Å². The number of alkyl halides is 3. The number of thioether (sulfide) groups is 2. The van der Waals surface area contributed by atoms with Gasteiger partial charge in [0.15, 0.2) is 0 Å². The minimum atomic E-state index is -4.31. The van der Waals surface area contributed by atoms with Gasteiger partial charge in [-0.15, -0.1) is 11.8 Å². The van der Waals surface area contributed by atoms with Gasteiger partial charge in [-0.1, -0.05) is 12.1 Å². The summed E-state index contributed by atoms with van der Waals surface area (Å²) >= 11 is 1.41. The zero-order valence-corrected chi connectivity index (χ0v) is 18.8. The van der Waals surface area contributed by atoms with Crippen LogP contribution in [0.25, 0.3) is 6.08 Å². The summed E-state index contributed by atoms with van der Waals surface area (Å²) in [6, 6.07) is 5.97. The fraction of sp³-hybridized carbons (Fsp3) is 0.476. The molecule has 0 bridgehead atoms. The van der Waals surface area contributed by atoms with Gasteiger partial charge < -0.3 is 9.80 Å². The third kappa shape index (κ3) is 5.87. The molecule has 1 atom stereocenters. The Balaban J connectivity index is 1.19. The quantitative estimate of drug-likeness (QED) is 0.475. The average Bonchev–Trinajstić information content (AvgIpc) is 3.26. The fourth-order valence-corrected chi connectivity index (χ4v) is 5.14. The van der Waals surface area contributed by atoms with Crippen LogP contribution in [-0.4, -0.2) is 94.7 Å². The lowest BCUT2D eigenvalue weighted by Crippen LogP contribution is -2.64. The van der Waals surface area contributed by atoms with Crippen LogP contribution in [0.1, 0.15) is 5.56 Å². The number of hydrogen-bond donors (Lipinski definition) is 0. The highest BCUT2D eigenvalue weighted by Crippen LogP contribution is 2.36. The van der Waals surface area contributed by atoms with Crippen molar-refractivity contribution in [1.29, 1.82) is 0 Å². The monoisotopic (exact) mass is 484 g/mol. The number of halogens is 3. The number of rotatable bonds is 5. The number of carbonyl (C=O) groups is 2. The van der Waals surface area contributed by atoms with Crippen LogP contribution in [0, 0.1) is 0 Å². The molecule has 11 heteroatoms. The van der Waals surface area contributed by atoms with E-state index in [1.165, 1.54) is 18.2 Å². The van der Waals surface area contributed by atoms with Crippen molar-refractivity contribution in [2.45, 2.75) is 22.5 Å². The maximum atomic E-state index is 12.4. The lowest BCUT2D eigenvalue weighted by molar-refractivity contribution is -0.137. The summed E-state index contributed by atoms with van der Waals surface area (Å²) < 4.78 is 37.2. The van der Waals surface area contributed by atoms with Crippen molar-refractivity contribution < 1.29 is 22.8 Å². The standard InChI is InChI=1S/C21H23F3N4O2S2/c22-21(23,24)32-17-4-1-15(2-5-17)3-6-19(29)28-11-16(12-28)26-7-9-27(10-8-26)20(30)18-13-31-14-25-18/h1-6,14,16,18H,7-13H2/b6-3+. The molecule has 0 radical (unpaired) electrons. The van der Waals surface area contributed by atoms with Crippen molar-refractivity contribution in [3.63, 3.8) is 0 Å². The molecule has 3 aliphatic heterocycles. The highest BCUT2D eigenvalue weighted by Gasteiger charge is 2.37. The van der Waals surface area contributed by atoms with Gasteiger partial charge in [-0.05, 0) is 35.5 Å². The van der Waals surface area contributed by atoms with Gasteiger partial charge >= 0.3 is 5.51 Å². The molecule has 3 heterocycles. The molecule has 32 heavy (non-hydrogen) atoms. The van der Waals surface area contributed by atoms with Crippen LogP contribution in [0.2, 0.25) is 0 Å². The predicted octanol–water partition coefficient (Wildman–Crippen LogP) is 2.81. The molecule has 0 aliphatic carbocycles. The number of likely N-dealkylation sites (tertiary alicyclic amines) is 1. The lowest BCUT2D eigenvalue weighted by Gasteiger charge is -2.48. The Bertz CT molecular complexity index is 893. The molecule has 0 aromatic heterocycles. The molecular weight excluding hydrogens is 461 g/mol. The number of carbonyl (C=O) groups excluding carboxylic acids is 2. The first-order valence-corrected chi connectivity index (χ1v) is 12.1. The van der Waals surface area contributed by atoms with E-state index < -0.39 is 5.51 Å². The molecule has 1 aromatic rings. The number of amides is 2. The third-order valence-corrected chi connectivity index (χ3v) is 7.22. The Morgan fingerprint density at radius 1 is 1.06 bits per heavy atom. The SMILES string of the molecule is O=C(/C=C/c1ccc(SC(F)(F)F)cc1)N1CC(N2CCN(C(=O)C3CSC=N3)CC2)C1. The molecule has 3 aliphatic rings. The van der Waals surface area contributed by atoms with Crippen molar-refractivity contribution in [3.05, 3.63) is 35.9 Å². The molecular formula is C21H23F3N4O2S2. The summed E-state index contributed by atoms with van der Waals surface area (Å²) in [5, 5.41) is 0. The molecule has 6 nitrogen and oxygen atoms in total. The number of hydrogen-bond acceptors (Lipinski definition) is 6. The summed E-state index contributed by atoms with van der Waals surface area (Å²) in [7, 11) is 0. The summed E-state index contributed by atoms with van der Waals surface area (Å²) in [6.07, 6.45) is 3.07. The zero-order valence-electron chi connectivity index (χ0n) is 17.2. The van der Waals surface area contributed by atoms with Gasteiger partial charge in [-0.2, -0.15) is 13.2 Å². The Hall–Kier alpha value is -1.98. The normalized spacial score (nSPS) is 22.5. The maximum Gasteiger partial charge on any atom is 0.446 e. The molecule has 0 N–H and O–H groups in total. The fourth-order valence-electron chi connectivity index (χ4n) is 3.87. The van der Waals surface area contributed by atoms with E-state index in [0.29, 0.717) is 37.8 Å². The largest absolute Gasteiger partial charge is 0.446 e. The van der Waals surface area contributed by atoms with Gasteiger partial charge in [-0.3, -0.25) is 19.5 Å². The Morgan fingerprint density at radius 3 is 2.34 bits per heavy atom. The molecule has 4 rings (SSSR count). The molecule has 2 fully saturated rings. The molecule has 1 aromatic carbocycles. The van der Waals surface area contributed by atoms with Gasteiger partial charge in [-0.25, -0.2) is 0 Å². The second kappa shape index (κ2) is 9.88. The lowest BCUT2D eigenvalue weighted by atomic mass is 10.1. The van der Waals surface area contributed by atoms with Crippen LogP contribution in [-0.2, 0) is 9.59 Å². The highest BCUT2D eigenvalue weighted by atomic mass is 32.2. The topological polar surface area (TPSA) is 56.2 Å². The van der Waals surface area contributed by atoms with Crippen LogP contribution in [0.3, 0.4) is 0 Å². The average molecular weight is 485 g/mol. The molecule has 2 amide bonds. The van der Waals surface area contributed by atoms with Gasteiger partial charge in [0.25, 0.3) is 0 Å². The van der Waals surface area contributed by atoms with Crippen molar-refractivity contribution in [2.75, 3.05) is 45.0 Å². The second-order valence-corrected chi connectivity index (χ2v) is 9.83. The minimum absolute atomic E-state index is 0.103. The minimum Gasteiger partial charge on any atom is -0.338 e. The Labute approximate surface area is 192 Å². The maximum absolute atomic E-state index is 12.4. The first-order valence-electron chi connectivity index (χ1n) is 10.3. The summed E-state index contributed by atoms with van der Waals surface area (Å²) in [5.41, 5.74) is -1.89. The molecule has 0 spiro atoms. The van der Waals surface area contributed by atoms with Crippen LogP contribution in [0.4, 0.5) is 13.2 Å². The van der Waals surface area contributed by atoms with E-state index in [1.807, 2.05) is 4.90 Å². The van der Waals surface area contributed by atoms with E-state index in [4.69, 9.17) is 0 Å². The zero-order chi connectivity index (χ0) is 22.7. The second-order valence-electron chi connectivity index (χ2n) is 7.81. The van der Waals surface area contributed by atoms with Crippen LogP contribution in [0.15, 0.2) is 40.2 Å². The number of aliphatic imine (C=N–C) groups is 1. The summed E-state index contributed by atoms with van der Waals surface area (Å²) in [6.45, 7) is 4.23. The molecule has 1 unspecified atom stereocenters. The van der Waals surface area contributed by atoms with E-state index in [1.54, 1.807) is 40.4 Å². The first-order chi connectivity index (χ1) is 15.3. The van der Waals surface area contributed by atoms with Crippen LogP contribution in [0.5, 0.6) is 0 Å².